The molecule has 6 heteroatoms. The van der Waals surface area contributed by atoms with Gasteiger partial charge >= 0.3 is 0 Å². The van der Waals surface area contributed by atoms with Gasteiger partial charge in [-0.1, -0.05) is 43.2 Å². The molecule has 1 aromatic rings. The van der Waals surface area contributed by atoms with Crippen LogP contribution in [0.2, 0.25) is 0 Å². The van der Waals surface area contributed by atoms with Crippen LogP contribution in [0.3, 0.4) is 0 Å². The summed E-state index contributed by atoms with van der Waals surface area (Å²) in [7, 11) is -3.35. The van der Waals surface area contributed by atoms with Crippen LogP contribution >= 0.6 is 0 Å². The van der Waals surface area contributed by atoms with E-state index in [4.69, 9.17) is 0 Å². The van der Waals surface area contributed by atoms with Crippen LogP contribution in [0.25, 0.3) is 0 Å². The lowest BCUT2D eigenvalue weighted by Crippen LogP contribution is -2.37. The predicted octanol–water partition coefficient (Wildman–Crippen LogP) is 1.41. The summed E-state index contributed by atoms with van der Waals surface area (Å²) in [5.41, 5.74) is 0.750. The second-order valence-corrected chi connectivity index (χ2v) is 7.22. The van der Waals surface area contributed by atoms with Crippen LogP contribution in [0.5, 0.6) is 0 Å². The summed E-state index contributed by atoms with van der Waals surface area (Å²) in [4.78, 5) is 11.8. The first-order chi connectivity index (χ1) is 10.1. The highest BCUT2D eigenvalue weighted by Gasteiger charge is 2.22. The summed E-state index contributed by atoms with van der Waals surface area (Å²) in [5, 5.41) is 2.80. The number of amides is 1. The van der Waals surface area contributed by atoms with E-state index in [0.717, 1.165) is 31.2 Å². The molecule has 1 amide bonds. The largest absolute Gasteiger partial charge is 0.355 e. The van der Waals surface area contributed by atoms with Gasteiger partial charge in [0.05, 0.1) is 5.75 Å². The number of hydrogen-bond acceptors (Lipinski definition) is 3. The van der Waals surface area contributed by atoms with E-state index in [-0.39, 0.29) is 24.1 Å². The van der Waals surface area contributed by atoms with Crippen LogP contribution in [0, 0.1) is 5.92 Å². The zero-order valence-corrected chi connectivity index (χ0v) is 12.9. The van der Waals surface area contributed by atoms with Crippen LogP contribution in [0.15, 0.2) is 30.3 Å². The molecule has 0 atom stereocenters. The molecule has 1 fully saturated rings. The molecule has 2 N–H and O–H groups in total. The normalized spacial score (nSPS) is 16.0. The predicted molar refractivity (Wildman–Crippen MR) is 82.0 cm³/mol. The maximum absolute atomic E-state index is 11.9. The fourth-order valence-electron chi connectivity index (χ4n) is 2.57. The molecule has 1 aromatic carbocycles. The SMILES string of the molecule is O=C(NCCNS(=O)(=O)Cc1ccccc1)C1CCCC1. The number of rotatable bonds is 7. The Morgan fingerprint density at radius 2 is 1.76 bits per heavy atom. The van der Waals surface area contributed by atoms with Crippen LogP contribution in [-0.2, 0) is 20.6 Å². The molecular formula is C15H22N2O3S. The average Bonchev–Trinajstić information content (AvgIpc) is 2.98. The maximum Gasteiger partial charge on any atom is 0.223 e. The van der Waals surface area contributed by atoms with Gasteiger partial charge in [-0.15, -0.1) is 0 Å². The Morgan fingerprint density at radius 3 is 2.43 bits per heavy atom. The molecule has 0 radical (unpaired) electrons. The van der Waals surface area contributed by atoms with Gasteiger partial charge in [-0.25, -0.2) is 13.1 Å². The van der Waals surface area contributed by atoms with Gasteiger partial charge in [0.1, 0.15) is 0 Å². The highest BCUT2D eigenvalue weighted by atomic mass is 32.2. The lowest BCUT2D eigenvalue weighted by atomic mass is 10.1. The smallest absolute Gasteiger partial charge is 0.223 e. The van der Waals surface area contributed by atoms with Crippen LogP contribution in [0.1, 0.15) is 31.2 Å². The van der Waals surface area contributed by atoms with Crippen LogP contribution in [-0.4, -0.2) is 27.4 Å². The van der Waals surface area contributed by atoms with Crippen LogP contribution in [0.4, 0.5) is 0 Å². The molecule has 0 aromatic heterocycles. The second kappa shape index (κ2) is 7.56. The Bertz CT molecular complexity index is 552. The van der Waals surface area contributed by atoms with Gasteiger partial charge in [-0.3, -0.25) is 4.79 Å². The minimum absolute atomic E-state index is 0.0373. The Morgan fingerprint density at radius 1 is 1.10 bits per heavy atom. The summed E-state index contributed by atoms with van der Waals surface area (Å²) in [6.07, 6.45) is 4.13. The minimum Gasteiger partial charge on any atom is -0.355 e. The summed E-state index contributed by atoms with van der Waals surface area (Å²) in [6.45, 7) is 0.566. The average molecular weight is 310 g/mol. The van der Waals surface area contributed by atoms with Gasteiger partial charge in [0.15, 0.2) is 0 Å². The zero-order chi connectivity index (χ0) is 15.1. The lowest BCUT2D eigenvalue weighted by molar-refractivity contribution is -0.124. The molecule has 1 aliphatic carbocycles. The number of carbonyl (C=O) groups is 1. The van der Waals surface area contributed by atoms with Crippen molar-refractivity contribution in [2.24, 2.45) is 5.92 Å². The number of benzene rings is 1. The van der Waals surface area contributed by atoms with Crippen molar-refractivity contribution < 1.29 is 13.2 Å². The lowest BCUT2D eigenvalue weighted by Gasteiger charge is -2.11. The molecule has 0 aliphatic heterocycles. The molecule has 1 saturated carbocycles. The van der Waals surface area contributed by atoms with E-state index in [1.807, 2.05) is 18.2 Å². The maximum atomic E-state index is 11.9. The molecule has 0 heterocycles. The third kappa shape index (κ3) is 5.47. The van der Waals surface area contributed by atoms with Crippen molar-refractivity contribution in [1.82, 2.24) is 10.0 Å². The number of hydrogen-bond donors (Lipinski definition) is 2. The van der Waals surface area contributed by atoms with Gasteiger partial charge < -0.3 is 5.32 Å². The first kappa shape index (κ1) is 16.0. The summed E-state index contributed by atoms with van der Waals surface area (Å²) in [5.74, 6) is 0.130. The van der Waals surface area contributed by atoms with Gasteiger partial charge in [-0.2, -0.15) is 0 Å². The fraction of sp³-hybridized carbons (Fsp3) is 0.533. The Hall–Kier alpha value is -1.40. The molecule has 1 aliphatic rings. The van der Waals surface area contributed by atoms with Gasteiger partial charge in [0, 0.05) is 19.0 Å². The molecule has 21 heavy (non-hydrogen) atoms. The van der Waals surface area contributed by atoms with E-state index in [2.05, 4.69) is 10.0 Å². The Labute approximate surface area is 126 Å². The van der Waals surface area contributed by atoms with E-state index in [0.29, 0.717) is 6.54 Å². The monoisotopic (exact) mass is 310 g/mol. The van der Waals surface area contributed by atoms with E-state index >= 15 is 0 Å². The quantitative estimate of drug-likeness (QED) is 0.748. The highest BCUT2D eigenvalue weighted by molar-refractivity contribution is 7.88. The van der Waals surface area contributed by atoms with E-state index < -0.39 is 10.0 Å². The van der Waals surface area contributed by atoms with Crippen molar-refractivity contribution in [2.45, 2.75) is 31.4 Å². The molecule has 2 rings (SSSR count). The van der Waals surface area contributed by atoms with Gasteiger partial charge in [0.2, 0.25) is 15.9 Å². The molecule has 0 unspecified atom stereocenters. The van der Waals surface area contributed by atoms with Gasteiger partial charge in [-0.05, 0) is 18.4 Å². The van der Waals surface area contributed by atoms with Crippen molar-refractivity contribution in [2.75, 3.05) is 13.1 Å². The van der Waals surface area contributed by atoms with Crippen molar-refractivity contribution >= 4 is 15.9 Å². The second-order valence-electron chi connectivity index (χ2n) is 5.41. The molecule has 0 saturated heterocycles. The first-order valence-electron chi connectivity index (χ1n) is 7.36. The molecule has 5 nitrogen and oxygen atoms in total. The minimum atomic E-state index is -3.35. The van der Waals surface area contributed by atoms with Crippen molar-refractivity contribution in [3.05, 3.63) is 35.9 Å². The van der Waals surface area contributed by atoms with E-state index in [1.165, 1.54) is 0 Å². The van der Waals surface area contributed by atoms with Crippen molar-refractivity contribution in [3.8, 4) is 0 Å². The summed E-state index contributed by atoms with van der Waals surface area (Å²) in [6, 6.07) is 9.03. The topological polar surface area (TPSA) is 75.3 Å². The highest BCUT2D eigenvalue weighted by Crippen LogP contribution is 2.24. The standard InChI is InChI=1S/C15H22N2O3S/c18-15(14-8-4-5-9-14)16-10-11-17-21(19,20)12-13-6-2-1-3-7-13/h1-3,6-7,14,17H,4-5,8-12H2,(H,16,18). The summed E-state index contributed by atoms with van der Waals surface area (Å²) < 4.78 is 26.3. The Kier molecular flexibility index (Phi) is 5.76. The molecule has 0 spiro atoms. The zero-order valence-electron chi connectivity index (χ0n) is 12.0. The number of carbonyl (C=O) groups excluding carboxylic acids is 1. The van der Waals surface area contributed by atoms with E-state index in [9.17, 15) is 13.2 Å². The number of nitrogens with one attached hydrogen (secondary N) is 2. The van der Waals surface area contributed by atoms with Gasteiger partial charge in [0.25, 0.3) is 0 Å². The number of sulfonamides is 1. The van der Waals surface area contributed by atoms with Crippen molar-refractivity contribution in [1.29, 1.82) is 0 Å². The molecule has 0 bridgehead atoms. The van der Waals surface area contributed by atoms with Crippen molar-refractivity contribution in [3.63, 3.8) is 0 Å². The first-order valence-corrected chi connectivity index (χ1v) is 9.01. The third-order valence-corrected chi connectivity index (χ3v) is 5.03. The third-order valence-electron chi connectivity index (χ3n) is 3.67. The summed E-state index contributed by atoms with van der Waals surface area (Å²) >= 11 is 0. The fourth-order valence-corrected chi connectivity index (χ4v) is 3.72. The van der Waals surface area contributed by atoms with E-state index in [1.54, 1.807) is 12.1 Å². The van der Waals surface area contributed by atoms with Crippen LogP contribution < -0.4 is 10.0 Å². The molecular weight excluding hydrogens is 288 g/mol. The molecule has 116 valence electrons. The Balaban J connectivity index is 1.68.